The van der Waals surface area contributed by atoms with Crippen molar-refractivity contribution < 1.29 is 35.9 Å². The van der Waals surface area contributed by atoms with Crippen molar-refractivity contribution in [2.24, 2.45) is 4.99 Å². The zero-order valence-electron chi connectivity index (χ0n) is 23.0. The van der Waals surface area contributed by atoms with Gasteiger partial charge in [0.15, 0.2) is 11.0 Å². The summed E-state index contributed by atoms with van der Waals surface area (Å²) in [7, 11) is 0. The molecule has 0 bridgehead atoms. The van der Waals surface area contributed by atoms with Gasteiger partial charge in [0.1, 0.15) is 6.33 Å². The van der Waals surface area contributed by atoms with Crippen LogP contribution in [0.15, 0.2) is 78.0 Å². The first-order chi connectivity index (χ1) is 21.2. The third-order valence-electron chi connectivity index (χ3n) is 6.72. The van der Waals surface area contributed by atoms with E-state index in [0.29, 0.717) is 17.1 Å². The number of carbonyl (C=O) groups is 2. The van der Waals surface area contributed by atoms with E-state index in [0.717, 1.165) is 52.6 Å². The number of amides is 3. The van der Waals surface area contributed by atoms with Gasteiger partial charge in [0.05, 0.1) is 28.3 Å². The number of urea groups is 1. The van der Waals surface area contributed by atoms with Crippen LogP contribution in [-0.2, 0) is 17.1 Å². The third-order valence-corrected chi connectivity index (χ3v) is 7.88. The molecule has 0 spiro atoms. The van der Waals surface area contributed by atoms with Crippen molar-refractivity contribution in [1.29, 1.82) is 0 Å². The van der Waals surface area contributed by atoms with Gasteiger partial charge in [0.2, 0.25) is 5.91 Å². The fourth-order valence-electron chi connectivity index (χ4n) is 4.38. The number of anilines is 1. The Morgan fingerprint density at radius 1 is 1.02 bits per heavy atom. The number of alkyl halides is 6. The third kappa shape index (κ3) is 7.31. The first kappa shape index (κ1) is 32.0. The average Bonchev–Trinajstić information content (AvgIpc) is 3.62. The van der Waals surface area contributed by atoms with Crippen LogP contribution in [0.5, 0.6) is 0 Å². The van der Waals surface area contributed by atoms with Crippen molar-refractivity contribution in [3.63, 3.8) is 0 Å². The second-order valence-electron chi connectivity index (χ2n) is 9.84. The number of aliphatic imine (C=N–C) groups is 1. The molecule has 45 heavy (non-hydrogen) atoms. The van der Waals surface area contributed by atoms with Crippen LogP contribution in [0.4, 0.5) is 36.8 Å². The molecule has 234 valence electrons. The molecule has 0 saturated carbocycles. The predicted molar refractivity (Wildman–Crippen MR) is 157 cm³/mol. The van der Waals surface area contributed by atoms with E-state index in [4.69, 9.17) is 11.6 Å². The number of carbonyl (C=O) groups excluding carboxylic acids is 2. The van der Waals surface area contributed by atoms with E-state index >= 15 is 0 Å². The van der Waals surface area contributed by atoms with E-state index in [1.807, 2.05) is 6.92 Å². The van der Waals surface area contributed by atoms with E-state index in [1.54, 1.807) is 24.3 Å². The van der Waals surface area contributed by atoms with E-state index in [9.17, 15) is 35.9 Å². The molecule has 1 aromatic heterocycles. The summed E-state index contributed by atoms with van der Waals surface area (Å²) >= 11 is 6.74. The summed E-state index contributed by atoms with van der Waals surface area (Å²) in [6.45, 7) is 1.96. The lowest BCUT2D eigenvalue weighted by atomic mass is 10.00. The average molecular weight is 667 g/mol. The van der Waals surface area contributed by atoms with E-state index in [-0.39, 0.29) is 28.4 Å². The number of nitrogens with zero attached hydrogens (tertiary/aromatic N) is 5. The van der Waals surface area contributed by atoms with Crippen molar-refractivity contribution in [3.8, 4) is 17.1 Å². The van der Waals surface area contributed by atoms with Gasteiger partial charge in [-0.3, -0.25) is 9.69 Å². The molecule has 0 aliphatic carbocycles. The van der Waals surface area contributed by atoms with E-state index in [1.165, 1.54) is 23.1 Å². The number of hydrogen-bond acceptors (Lipinski definition) is 5. The molecular formula is C29H21ClF6N6O2S. The van der Waals surface area contributed by atoms with Crippen molar-refractivity contribution in [3.05, 3.63) is 94.8 Å². The maximum absolute atomic E-state index is 13.6. The quantitative estimate of drug-likeness (QED) is 0.214. The minimum absolute atomic E-state index is 0.0189. The van der Waals surface area contributed by atoms with Crippen LogP contribution in [0.2, 0.25) is 5.02 Å². The van der Waals surface area contributed by atoms with Gasteiger partial charge in [-0.1, -0.05) is 54.6 Å². The number of rotatable bonds is 6. The van der Waals surface area contributed by atoms with Gasteiger partial charge >= 0.3 is 18.4 Å². The highest BCUT2D eigenvalue weighted by Gasteiger charge is 2.40. The van der Waals surface area contributed by atoms with Crippen molar-refractivity contribution >= 4 is 46.2 Å². The summed E-state index contributed by atoms with van der Waals surface area (Å²) in [5.41, 5.74) is -0.489. The van der Waals surface area contributed by atoms with Crippen LogP contribution in [0.25, 0.3) is 17.1 Å². The summed E-state index contributed by atoms with van der Waals surface area (Å²) in [5.74, 6) is -0.735. The molecule has 5 rings (SSSR count). The summed E-state index contributed by atoms with van der Waals surface area (Å²) in [6, 6.07) is 13.6. The lowest BCUT2D eigenvalue weighted by Gasteiger charge is -2.21. The molecule has 1 aliphatic rings. The van der Waals surface area contributed by atoms with E-state index in [2.05, 4.69) is 20.4 Å². The molecule has 16 heteroatoms. The highest BCUT2D eigenvalue weighted by atomic mass is 35.5. The summed E-state index contributed by atoms with van der Waals surface area (Å²) in [6.07, 6.45) is -7.83. The molecule has 1 N–H and O–H groups in total. The maximum Gasteiger partial charge on any atom is 0.418 e. The Balaban J connectivity index is 1.23. The standard InChI is InChI=1S/C29H21ClF6N6O2S/c1-16(13-37-26(44)39-27-42(24(43)14-45-27)23-12-20(30)8-11-22(23)29(34,35)36)17-2-4-18(5-3-17)25-38-15-41(40-25)21-9-6-19(7-10-21)28(31,32)33/h2-12,15-16H,13-14H2,1H3,(H,37,44). The highest BCUT2D eigenvalue weighted by Crippen LogP contribution is 2.40. The van der Waals surface area contributed by atoms with Crippen LogP contribution < -0.4 is 10.2 Å². The van der Waals surface area contributed by atoms with Crippen molar-refractivity contribution in [2.45, 2.75) is 25.2 Å². The monoisotopic (exact) mass is 666 g/mol. The van der Waals surface area contributed by atoms with Crippen LogP contribution in [0, 0.1) is 0 Å². The Hall–Kier alpha value is -4.37. The number of aromatic nitrogens is 3. The Labute approximate surface area is 261 Å². The lowest BCUT2D eigenvalue weighted by Crippen LogP contribution is -2.33. The normalized spacial score (nSPS) is 15.5. The molecule has 3 amide bonds. The fourth-order valence-corrected chi connectivity index (χ4v) is 5.40. The van der Waals surface area contributed by atoms with Crippen LogP contribution in [0.3, 0.4) is 0 Å². The Morgan fingerprint density at radius 3 is 2.36 bits per heavy atom. The van der Waals surface area contributed by atoms with E-state index < -0.39 is 41.1 Å². The number of halogens is 7. The van der Waals surface area contributed by atoms with Crippen LogP contribution >= 0.6 is 23.4 Å². The first-order valence-corrected chi connectivity index (χ1v) is 14.5. The minimum Gasteiger partial charge on any atom is -0.336 e. The number of thioether (sulfide) groups is 1. The molecule has 1 saturated heterocycles. The fraction of sp³-hybridized carbons (Fsp3) is 0.207. The van der Waals surface area contributed by atoms with Gasteiger partial charge in [-0.15, -0.1) is 5.10 Å². The topological polar surface area (TPSA) is 92.5 Å². The van der Waals surface area contributed by atoms with Gasteiger partial charge in [0.25, 0.3) is 0 Å². The predicted octanol–water partition coefficient (Wildman–Crippen LogP) is 7.57. The number of hydrogen-bond donors (Lipinski definition) is 1. The number of amidine groups is 1. The summed E-state index contributed by atoms with van der Waals surface area (Å²) in [4.78, 5) is 33.9. The van der Waals surface area contributed by atoms with Crippen LogP contribution in [-0.4, -0.2) is 44.2 Å². The second-order valence-corrected chi connectivity index (χ2v) is 11.2. The molecule has 1 atom stereocenters. The molecule has 8 nitrogen and oxygen atoms in total. The second kappa shape index (κ2) is 12.6. The largest absolute Gasteiger partial charge is 0.418 e. The van der Waals surface area contributed by atoms with Gasteiger partial charge in [-0.2, -0.15) is 31.3 Å². The molecule has 2 heterocycles. The Bertz CT molecular complexity index is 1760. The minimum atomic E-state index is -4.77. The van der Waals surface area contributed by atoms with Gasteiger partial charge in [-0.05, 0) is 53.9 Å². The van der Waals surface area contributed by atoms with Crippen LogP contribution in [0.1, 0.15) is 29.5 Å². The molecule has 4 aromatic rings. The van der Waals surface area contributed by atoms with Crippen molar-refractivity contribution in [2.75, 3.05) is 17.2 Å². The SMILES string of the molecule is CC(CNC(=O)N=C1SCC(=O)N1c1cc(Cl)ccc1C(F)(F)F)c1ccc(-c2ncn(-c3ccc(C(F)(F)F)cc3)n2)cc1. The molecular weight excluding hydrogens is 646 g/mol. The number of nitrogens with one attached hydrogen (secondary N) is 1. The highest BCUT2D eigenvalue weighted by molar-refractivity contribution is 8.15. The maximum atomic E-state index is 13.6. The van der Waals surface area contributed by atoms with Gasteiger partial charge in [0, 0.05) is 17.1 Å². The molecule has 1 unspecified atom stereocenters. The van der Waals surface area contributed by atoms with Crippen molar-refractivity contribution in [1.82, 2.24) is 20.1 Å². The Morgan fingerprint density at radius 2 is 1.71 bits per heavy atom. The molecule has 3 aromatic carbocycles. The zero-order valence-corrected chi connectivity index (χ0v) is 24.6. The molecule has 1 fully saturated rings. The smallest absolute Gasteiger partial charge is 0.336 e. The number of benzene rings is 3. The summed E-state index contributed by atoms with van der Waals surface area (Å²) < 4.78 is 80.7. The Kier molecular flexibility index (Phi) is 8.94. The van der Waals surface area contributed by atoms with Gasteiger partial charge in [-0.25, -0.2) is 14.5 Å². The lowest BCUT2D eigenvalue weighted by molar-refractivity contribution is -0.138. The zero-order chi connectivity index (χ0) is 32.5. The summed E-state index contributed by atoms with van der Waals surface area (Å²) in [5, 5.41) is 6.72. The first-order valence-electron chi connectivity index (χ1n) is 13.1. The van der Waals surface area contributed by atoms with Gasteiger partial charge < -0.3 is 5.32 Å². The molecule has 1 aliphatic heterocycles. The molecule has 0 radical (unpaired) electrons.